The van der Waals surface area contributed by atoms with E-state index in [4.69, 9.17) is 10.1 Å². The van der Waals surface area contributed by atoms with Gasteiger partial charge in [0.05, 0.1) is 24.2 Å². The van der Waals surface area contributed by atoms with E-state index >= 15 is 0 Å². The van der Waals surface area contributed by atoms with Gasteiger partial charge in [-0.1, -0.05) is 43.3 Å². The van der Waals surface area contributed by atoms with Crippen molar-refractivity contribution in [2.24, 2.45) is 5.41 Å². The fourth-order valence-electron chi connectivity index (χ4n) is 4.43. The van der Waals surface area contributed by atoms with Crippen LogP contribution < -0.4 is 15.2 Å². The number of rotatable bonds is 9. The Labute approximate surface area is 216 Å². The summed E-state index contributed by atoms with van der Waals surface area (Å²) < 4.78 is 35.2. The van der Waals surface area contributed by atoms with Gasteiger partial charge in [-0.15, -0.1) is 0 Å². The zero-order valence-electron chi connectivity index (χ0n) is 20.8. The van der Waals surface area contributed by atoms with E-state index in [1.165, 1.54) is 15.2 Å². The van der Waals surface area contributed by atoms with Gasteiger partial charge in [0.15, 0.2) is 0 Å². The third-order valence-corrected chi connectivity index (χ3v) is 8.87. The normalized spacial score (nSPS) is 17.4. The van der Waals surface area contributed by atoms with E-state index < -0.39 is 10.0 Å². The summed E-state index contributed by atoms with van der Waals surface area (Å²) in [5.41, 5.74) is 2.34. The molecule has 0 atom stereocenters. The van der Waals surface area contributed by atoms with Crippen LogP contribution in [0.3, 0.4) is 0 Å². The predicted octanol–water partition coefficient (Wildman–Crippen LogP) is 3.06. The second-order valence-electron chi connectivity index (χ2n) is 10.0. The molecule has 3 aromatic rings. The molecule has 1 aromatic heterocycles. The van der Waals surface area contributed by atoms with Crippen molar-refractivity contribution in [3.8, 4) is 11.4 Å². The average Bonchev–Trinajstić information content (AvgIpc) is 3.65. The number of sulfonamides is 1. The van der Waals surface area contributed by atoms with Crippen LogP contribution in [0.5, 0.6) is 5.75 Å². The summed E-state index contributed by atoms with van der Waals surface area (Å²) in [7, 11) is -3.53. The van der Waals surface area contributed by atoms with Crippen LogP contribution in [0.4, 0.5) is 5.69 Å². The number of ether oxygens (including phenoxy) is 1. The van der Waals surface area contributed by atoms with E-state index in [0.717, 1.165) is 12.8 Å². The molecule has 0 spiro atoms. The fourth-order valence-corrected chi connectivity index (χ4v) is 5.93. The van der Waals surface area contributed by atoms with Gasteiger partial charge in [-0.3, -0.25) is 4.79 Å². The summed E-state index contributed by atoms with van der Waals surface area (Å²) in [6, 6.07) is 16.2. The number of piperazine rings is 1. The molecule has 0 amide bonds. The Morgan fingerprint density at radius 1 is 1.05 bits per heavy atom. The van der Waals surface area contributed by atoms with Crippen molar-refractivity contribution in [2.45, 2.75) is 25.5 Å². The SMILES string of the molecule is CC1(COc2c(N3CCN(S(=O)(=O)Cc4cccc(C=N)c4)CC3)cnn(-c3ccccc3)c2=O)CC1. The highest BCUT2D eigenvalue weighted by Crippen LogP contribution is 2.45. The van der Waals surface area contributed by atoms with E-state index in [2.05, 4.69) is 12.0 Å². The molecule has 2 fully saturated rings. The number of nitrogens with one attached hydrogen (secondary N) is 1. The van der Waals surface area contributed by atoms with Crippen LogP contribution in [0, 0.1) is 10.8 Å². The Hall–Kier alpha value is -3.50. The molecule has 1 aliphatic heterocycles. The monoisotopic (exact) mass is 521 g/mol. The van der Waals surface area contributed by atoms with Crippen LogP contribution in [0.15, 0.2) is 65.6 Å². The topological polar surface area (TPSA) is 109 Å². The number of benzene rings is 2. The van der Waals surface area contributed by atoms with Gasteiger partial charge in [0.25, 0.3) is 0 Å². The first kappa shape index (κ1) is 25.2. The Morgan fingerprint density at radius 3 is 2.46 bits per heavy atom. The van der Waals surface area contributed by atoms with Crippen LogP contribution in [-0.4, -0.2) is 61.5 Å². The van der Waals surface area contributed by atoms with Crippen molar-refractivity contribution in [1.29, 1.82) is 5.41 Å². The van der Waals surface area contributed by atoms with Gasteiger partial charge >= 0.3 is 5.56 Å². The first-order valence-electron chi connectivity index (χ1n) is 12.4. The van der Waals surface area contributed by atoms with E-state index in [1.807, 2.05) is 35.2 Å². The minimum absolute atomic E-state index is 0.0896. The van der Waals surface area contributed by atoms with Crippen LogP contribution in [0.1, 0.15) is 30.9 Å². The van der Waals surface area contributed by atoms with E-state index in [9.17, 15) is 13.2 Å². The molecular weight excluding hydrogens is 490 g/mol. The molecule has 0 unspecified atom stereocenters. The van der Waals surface area contributed by atoms with Gasteiger partial charge in [0.2, 0.25) is 15.8 Å². The summed E-state index contributed by atoms with van der Waals surface area (Å²) in [5, 5.41) is 11.8. The molecule has 2 heterocycles. The lowest BCUT2D eigenvalue weighted by Gasteiger charge is -2.35. The van der Waals surface area contributed by atoms with E-state index in [1.54, 1.807) is 30.5 Å². The maximum Gasteiger partial charge on any atom is 0.316 e. The minimum atomic E-state index is -3.53. The Kier molecular flexibility index (Phi) is 6.87. The molecule has 9 nitrogen and oxygen atoms in total. The molecule has 2 aliphatic rings. The summed E-state index contributed by atoms with van der Waals surface area (Å²) in [5.74, 6) is 0.141. The molecule has 1 aliphatic carbocycles. The van der Waals surface area contributed by atoms with Crippen molar-refractivity contribution < 1.29 is 13.2 Å². The van der Waals surface area contributed by atoms with Crippen LogP contribution in [0.2, 0.25) is 0 Å². The van der Waals surface area contributed by atoms with Gasteiger partial charge in [-0.05, 0) is 42.2 Å². The average molecular weight is 522 g/mol. The second-order valence-corrected chi connectivity index (χ2v) is 12.0. The maximum absolute atomic E-state index is 13.5. The fraction of sp³-hybridized carbons (Fsp3) is 0.370. The van der Waals surface area contributed by atoms with Crippen molar-refractivity contribution in [2.75, 3.05) is 37.7 Å². The predicted molar refractivity (Wildman–Crippen MR) is 143 cm³/mol. The lowest BCUT2D eigenvalue weighted by Crippen LogP contribution is -2.49. The van der Waals surface area contributed by atoms with E-state index in [0.29, 0.717) is 55.3 Å². The van der Waals surface area contributed by atoms with Crippen molar-refractivity contribution in [3.63, 3.8) is 0 Å². The minimum Gasteiger partial charge on any atom is -0.486 e. The second kappa shape index (κ2) is 10.1. The van der Waals surface area contributed by atoms with Gasteiger partial charge in [-0.25, -0.2) is 8.42 Å². The number of anilines is 1. The van der Waals surface area contributed by atoms with Crippen molar-refractivity contribution in [1.82, 2.24) is 14.1 Å². The largest absolute Gasteiger partial charge is 0.486 e. The zero-order valence-corrected chi connectivity index (χ0v) is 21.7. The highest BCUT2D eigenvalue weighted by molar-refractivity contribution is 7.88. The molecular formula is C27H31N5O4S. The number of para-hydroxylation sites is 1. The van der Waals surface area contributed by atoms with Crippen LogP contribution >= 0.6 is 0 Å². The first-order chi connectivity index (χ1) is 17.8. The third-order valence-electron chi connectivity index (χ3n) is 7.02. The lowest BCUT2D eigenvalue weighted by atomic mass is 10.2. The standard InChI is InChI=1S/C27H31N5O4S/c1-27(10-11-27)20-36-25-24(18-29-32(26(25)33)23-8-3-2-4-9-23)30-12-14-31(15-13-30)37(34,35)19-22-7-5-6-21(16-22)17-28/h2-9,16-18,28H,10-15,19-20H2,1H3. The summed E-state index contributed by atoms with van der Waals surface area (Å²) in [6.07, 6.45) is 4.99. The highest BCUT2D eigenvalue weighted by atomic mass is 32.2. The maximum atomic E-state index is 13.5. The highest BCUT2D eigenvalue weighted by Gasteiger charge is 2.39. The Bertz CT molecular complexity index is 1440. The number of hydrogen-bond acceptors (Lipinski definition) is 7. The van der Waals surface area contributed by atoms with Gasteiger partial charge in [-0.2, -0.15) is 14.1 Å². The summed E-state index contributed by atoms with van der Waals surface area (Å²) >= 11 is 0. The number of aromatic nitrogens is 2. The third kappa shape index (κ3) is 5.60. The van der Waals surface area contributed by atoms with Gasteiger partial charge in [0, 0.05) is 37.8 Å². The zero-order chi connectivity index (χ0) is 26.0. The molecule has 0 radical (unpaired) electrons. The smallest absolute Gasteiger partial charge is 0.316 e. The molecule has 10 heteroatoms. The number of hydrogen-bond donors (Lipinski definition) is 1. The molecule has 2 aromatic carbocycles. The molecule has 1 saturated heterocycles. The first-order valence-corrected chi connectivity index (χ1v) is 14.0. The molecule has 0 bridgehead atoms. The van der Waals surface area contributed by atoms with Crippen molar-refractivity contribution in [3.05, 3.63) is 82.3 Å². The van der Waals surface area contributed by atoms with Crippen LogP contribution in [0.25, 0.3) is 5.69 Å². The Morgan fingerprint density at radius 2 is 1.78 bits per heavy atom. The van der Waals surface area contributed by atoms with Crippen molar-refractivity contribution >= 4 is 21.9 Å². The van der Waals surface area contributed by atoms with Gasteiger partial charge < -0.3 is 15.0 Å². The molecule has 5 rings (SSSR count). The molecule has 37 heavy (non-hydrogen) atoms. The van der Waals surface area contributed by atoms with Gasteiger partial charge in [0.1, 0.15) is 5.69 Å². The van der Waals surface area contributed by atoms with Crippen LogP contribution in [-0.2, 0) is 15.8 Å². The Balaban J connectivity index is 1.35. The van der Waals surface area contributed by atoms with E-state index in [-0.39, 0.29) is 22.5 Å². The molecule has 1 N–H and O–H groups in total. The molecule has 1 saturated carbocycles. The number of nitrogens with zero attached hydrogens (tertiary/aromatic N) is 4. The molecule has 194 valence electrons. The lowest BCUT2D eigenvalue weighted by molar-refractivity contribution is 0.242. The summed E-state index contributed by atoms with van der Waals surface area (Å²) in [6.45, 7) is 4.03. The quantitative estimate of drug-likeness (QED) is 0.434. The summed E-state index contributed by atoms with van der Waals surface area (Å²) in [4.78, 5) is 15.5.